The van der Waals surface area contributed by atoms with Crippen molar-refractivity contribution in [3.8, 4) is 0 Å². The van der Waals surface area contributed by atoms with Gasteiger partial charge in [0, 0.05) is 22.4 Å². The summed E-state index contributed by atoms with van der Waals surface area (Å²) in [5.74, 6) is 0. The molecule has 0 aromatic carbocycles. The molecule has 1 aromatic heterocycles. The number of aliphatic hydroxyl groups is 3. The van der Waals surface area contributed by atoms with Crippen LogP contribution in [-0.4, -0.2) is 33.0 Å². The molecule has 3 N–H and O–H groups in total. The number of aliphatic hydroxyl groups excluding tert-OH is 3. The van der Waals surface area contributed by atoms with Gasteiger partial charge >= 0.3 is 0 Å². The molecule has 0 aliphatic rings. The van der Waals surface area contributed by atoms with Gasteiger partial charge in [-0.15, -0.1) is 0 Å². The van der Waals surface area contributed by atoms with Crippen molar-refractivity contribution in [2.24, 2.45) is 0 Å². The molecule has 72 valence electrons. The molecule has 0 aliphatic carbocycles. The Kier molecular flexibility index (Phi) is 3.80. The molecule has 13 heavy (non-hydrogen) atoms. The van der Waals surface area contributed by atoms with Gasteiger partial charge in [0.2, 0.25) is 0 Å². The van der Waals surface area contributed by atoms with Crippen LogP contribution in [0.15, 0.2) is 22.9 Å². The molecule has 1 aromatic rings. The first kappa shape index (κ1) is 10.6. The highest BCUT2D eigenvalue weighted by molar-refractivity contribution is 9.10. The summed E-state index contributed by atoms with van der Waals surface area (Å²) in [6, 6.07) is 1.64. The third-order valence-corrected chi connectivity index (χ3v) is 2.05. The summed E-state index contributed by atoms with van der Waals surface area (Å²) in [5, 5.41) is 27.2. The summed E-state index contributed by atoms with van der Waals surface area (Å²) in [7, 11) is 0. The maximum atomic E-state index is 9.44. The summed E-state index contributed by atoms with van der Waals surface area (Å²) in [6.07, 6.45) is 0.738. The van der Waals surface area contributed by atoms with E-state index in [1.165, 1.54) is 6.20 Å². The molecule has 2 unspecified atom stereocenters. The van der Waals surface area contributed by atoms with Gasteiger partial charge in [-0.2, -0.15) is 0 Å². The number of hydrogen-bond donors (Lipinski definition) is 3. The molecule has 0 saturated heterocycles. The minimum Gasteiger partial charge on any atom is -0.394 e. The fourth-order valence-corrected chi connectivity index (χ4v) is 1.29. The average Bonchev–Trinajstić information content (AvgIpc) is 2.15. The standard InChI is InChI=1S/C8H10BrNO3/c9-6-1-5(2-10-3-6)8(13)7(12)4-11/h1-3,7-8,11-13H,4H2. The Morgan fingerprint density at radius 2 is 2.08 bits per heavy atom. The number of nitrogens with zero attached hydrogens (tertiary/aromatic N) is 1. The minimum atomic E-state index is -1.17. The second kappa shape index (κ2) is 4.66. The molecule has 2 atom stereocenters. The number of hydrogen-bond acceptors (Lipinski definition) is 4. The highest BCUT2D eigenvalue weighted by Gasteiger charge is 2.17. The molecular formula is C8H10BrNO3. The van der Waals surface area contributed by atoms with Crippen molar-refractivity contribution in [1.29, 1.82) is 0 Å². The van der Waals surface area contributed by atoms with E-state index < -0.39 is 18.8 Å². The molecule has 0 amide bonds. The van der Waals surface area contributed by atoms with E-state index in [1.807, 2.05) is 0 Å². The van der Waals surface area contributed by atoms with Gasteiger partial charge < -0.3 is 15.3 Å². The summed E-state index contributed by atoms with van der Waals surface area (Å²) in [6.45, 7) is -0.478. The van der Waals surface area contributed by atoms with Crippen LogP contribution in [0.2, 0.25) is 0 Å². The van der Waals surface area contributed by atoms with E-state index in [1.54, 1.807) is 12.3 Å². The predicted molar refractivity (Wildman–Crippen MR) is 50.0 cm³/mol. The fraction of sp³-hybridized carbons (Fsp3) is 0.375. The van der Waals surface area contributed by atoms with Crippen molar-refractivity contribution in [1.82, 2.24) is 4.98 Å². The van der Waals surface area contributed by atoms with Crippen LogP contribution in [0.25, 0.3) is 0 Å². The molecule has 0 aliphatic heterocycles. The zero-order chi connectivity index (χ0) is 9.84. The van der Waals surface area contributed by atoms with Crippen molar-refractivity contribution < 1.29 is 15.3 Å². The highest BCUT2D eigenvalue weighted by Crippen LogP contribution is 2.19. The maximum absolute atomic E-state index is 9.44. The van der Waals surface area contributed by atoms with Crippen LogP contribution in [0.3, 0.4) is 0 Å². The van der Waals surface area contributed by atoms with Crippen LogP contribution >= 0.6 is 15.9 Å². The lowest BCUT2D eigenvalue weighted by molar-refractivity contribution is -0.0154. The molecule has 1 heterocycles. The molecule has 0 radical (unpaired) electrons. The smallest absolute Gasteiger partial charge is 0.109 e. The molecule has 0 fully saturated rings. The Labute approximate surface area is 84.0 Å². The Morgan fingerprint density at radius 3 is 2.62 bits per heavy atom. The Balaban J connectivity index is 2.82. The first-order valence-electron chi connectivity index (χ1n) is 3.72. The summed E-state index contributed by atoms with van der Waals surface area (Å²) in [4.78, 5) is 3.82. The minimum absolute atomic E-state index is 0.468. The van der Waals surface area contributed by atoms with Crippen LogP contribution in [0.1, 0.15) is 11.7 Å². The van der Waals surface area contributed by atoms with E-state index in [0.717, 1.165) is 0 Å². The number of aromatic nitrogens is 1. The van der Waals surface area contributed by atoms with E-state index in [-0.39, 0.29) is 0 Å². The number of pyridine rings is 1. The van der Waals surface area contributed by atoms with Crippen molar-refractivity contribution >= 4 is 15.9 Å². The van der Waals surface area contributed by atoms with Crippen LogP contribution < -0.4 is 0 Å². The van der Waals surface area contributed by atoms with Gasteiger partial charge in [0.1, 0.15) is 12.2 Å². The first-order valence-corrected chi connectivity index (χ1v) is 4.52. The third-order valence-electron chi connectivity index (χ3n) is 1.62. The predicted octanol–water partition coefficient (Wildman–Crippen LogP) is 0.231. The molecule has 0 saturated carbocycles. The average molecular weight is 248 g/mol. The zero-order valence-corrected chi connectivity index (χ0v) is 8.35. The summed E-state index contributed by atoms with van der Waals surface area (Å²) < 4.78 is 0.717. The third kappa shape index (κ3) is 2.73. The quantitative estimate of drug-likeness (QED) is 0.715. The summed E-state index contributed by atoms with van der Waals surface area (Å²) in [5.41, 5.74) is 0.468. The normalized spacial score (nSPS) is 15.4. The van der Waals surface area contributed by atoms with Crippen LogP contribution in [0, 0.1) is 0 Å². The van der Waals surface area contributed by atoms with Crippen LogP contribution in [0.4, 0.5) is 0 Å². The lowest BCUT2D eigenvalue weighted by Gasteiger charge is -2.15. The van der Waals surface area contributed by atoms with Crippen molar-refractivity contribution in [2.75, 3.05) is 6.61 Å². The Hall–Kier alpha value is -0.490. The van der Waals surface area contributed by atoms with Crippen molar-refractivity contribution in [3.63, 3.8) is 0 Å². The SMILES string of the molecule is OCC(O)C(O)c1cncc(Br)c1. The van der Waals surface area contributed by atoms with Gasteiger partial charge in [0.15, 0.2) is 0 Å². The molecule has 4 nitrogen and oxygen atoms in total. The van der Waals surface area contributed by atoms with Gasteiger partial charge in [-0.25, -0.2) is 0 Å². The maximum Gasteiger partial charge on any atom is 0.109 e. The molecule has 5 heteroatoms. The van der Waals surface area contributed by atoms with E-state index in [4.69, 9.17) is 10.2 Å². The largest absolute Gasteiger partial charge is 0.394 e. The van der Waals surface area contributed by atoms with E-state index >= 15 is 0 Å². The fourth-order valence-electron chi connectivity index (χ4n) is 0.912. The van der Waals surface area contributed by atoms with Gasteiger partial charge in [-0.05, 0) is 22.0 Å². The Bertz CT molecular complexity index is 282. The topological polar surface area (TPSA) is 73.6 Å². The number of rotatable bonds is 3. The molecular weight excluding hydrogens is 238 g/mol. The Morgan fingerprint density at radius 1 is 1.38 bits per heavy atom. The van der Waals surface area contributed by atoms with E-state index in [9.17, 15) is 5.11 Å². The van der Waals surface area contributed by atoms with Gasteiger partial charge in [0.05, 0.1) is 6.61 Å². The van der Waals surface area contributed by atoms with Gasteiger partial charge in [-0.3, -0.25) is 4.98 Å². The zero-order valence-electron chi connectivity index (χ0n) is 6.76. The molecule has 1 rings (SSSR count). The molecule has 0 spiro atoms. The van der Waals surface area contributed by atoms with E-state index in [0.29, 0.717) is 10.0 Å². The lowest BCUT2D eigenvalue weighted by Crippen LogP contribution is -2.22. The number of halogens is 1. The molecule has 0 bridgehead atoms. The second-order valence-corrected chi connectivity index (χ2v) is 3.55. The van der Waals surface area contributed by atoms with Crippen LogP contribution in [-0.2, 0) is 0 Å². The highest BCUT2D eigenvalue weighted by atomic mass is 79.9. The second-order valence-electron chi connectivity index (χ2n) is 2.63. The summed E-state index contributed by atoms with van der Waals surface area (Å²) >= 11 is 3.18. The monoisotopic (exact) mass is 247 g/mol. The van der Waals surface area contributed by atoms with Gasteiger partial charge in [0.25, 0.3) is 0 Å². The van der Waals surface area contributed by atoms with E-state index in [2.05, 4.69) is 20.9 Å². The lowest BCUT2D eigenvalue weighted by atomic mass is 10.1. The van der Waals surface area contributed by atoms with Gasteiger partial charge in [-0.1, -0.05) is 0 Å². The van der Waals surface area contributed by atoms with Crippen molar-refractivity contribution in [3.05, 3.63) is 28.5 Å². The van der Waals surface area contributed by atoms with Crippen LogP contribution in [0.5, 0.6) is 0 Å². The van der Waals surface area contributed by atoms with Crippen molar-refractivity contribution in [2.45, 2.75) is 12.2 Å². The first-order chi connectivity index (χ1) is 6.15.